The minimum atomic E-state index is -0.532. The highest BCUT2D eigenvalue weighted by Crippen LogP contribution is 2.45. The third-order valence-electron chi connectivity index (χ3n) is 5.11. The van der Waals surface area contributed by atoms with Crippen LogP contribution in [0.5, 0.6) is 0 Å². The van der Waals surface area contributed by atoms with Gasteiger partial charge in [-0.1, -0.05) is 25.3 Å². The molecule has 1 aromatic carbocycles. The molecule has 24 heavy (non-hydrogen) atoms. The lowest BCUT2D eigenvalue weighted by atomic mass is 9.73. The maximum absolute atomic E-state index is 12.7. The lowest BCUT2D eigenvalue weighted by Crippen LogP contribution is -2.41. The number of rotatable bonds is 3. The van der Waals surface area contributed by atoms with Crippen molar-refractivity contribution in [2.24, 2.45) is 5.41 Å². The molecule has 3 rings (SSSR count). The van der Waals surface area contributed by atoms with Crippen molar-refractivity contribution in [2.75, 3.05) is 11.9 Å². The van der Waals surface area contributed by atoms with Crippen LogP contribution in [0.15, 0.2) is 18.2 Å². The van der Waals surface area contributed by atoms with Gasteiger partial charge in [-0.3, -0.25) is 19.3 Å². The van der Waals surface area contributed by atoms with Crippen molar-refractivity contribution in [2.45, 2.75) is 52.4 Å². The molecule has 1 N–H and O–H groups in total. The summed E-state index contributed by atoms with van der Waals surface area (Å²) in [6, 6.07) is 5.78. The number of nitrogens with zero attached hydrogens (tertiary/aromatic N) is 1. The van der Waals surface area contributed by atoms with Crippen LogP contribution in [-0.4, -0.2) is 29.2 Å². The zero-order valence-electron chi connectivity index (χ0n) is 14.4. The van der Waals surface area contributed by atoms with Gasteiger partial charge in [-0.15, -0.1) is 0 Å². The quantitative estimate of drug-likeness (QED) is 0.868. The molecule has 5 nitrogen and oxygen atoms in total. The first-order valence-corrected chi connectivity index (χ1v) is 8.63. The standard InChI is InChI=1S/C19H24N2O3/c1-13-8-14(2)10-15(9-13)20-16(22)12-21-17(23)11-19(18(21)24)6-4-3-5-7-19/h8-10H,3-7,11-12H2,1-2H3,(H,20,22). The van der Waals surface area contributed by atoms with Gasteiger partial charge in [0.15, 0.2) is 0 Å². The monoisotopic (exact) mass is 328 g/mol. The first-order chi connectivity index (χ1) is 11.4. The fourth-order valence-electron chi connectivity index (χ4n) is 4.03. The molecule has 3 amide bonds. The summed E-state index contributed by atoms with van der Waals surface area (Å²) >= 11 is 0. The molecule has 1 aliphatic heterocycles. The number of hydrogen-bond donors (Lipinski definition) is 1. The van der Waals surface area contributed by atoms with Crippen LogP contribution in [0.25, 0.3) is 0 Å². The van der Waals surface area contributed by atoms with Gasteiger partial charge in [-0.25, -0.2) is 0 Å². The molecule has 0 atom stereocenters. The van der Waals surface area contributed by atoms with Crippen LogP contribution in [0.2, 0.25) is 0 Å². The van der Waals surface area contributed by atoms with E-state index in [4.69, 9.17) is 0 Å². The van der Waals surface area contributed by atoms with E-state index in [9.17, 15) is 14.4 Å². The topological polar surface area (TPSA) is 66.5 Å². The van der Waals surface area contributed by atoms with E-state index in [1.807, 2.05) is 32.0 Å². The summed E-state index contributed by atoms with van der Waals surface area (Å²) in [4.78, 5) is 38.4. The van der Waals surface area contributed by atoms with Gasteiger partial charge in [-0.2, -0.15) is 0 Å². The molecule has 2 aliphatic rings. The van der Waals surface area contributed by atoms with Gasteiger partial charge >= 0.3 is 0 Å². The molecule has 1 saturated heterocycles. The highest BCUT2D eigenvalue weighted by Gasteiger charge is 2.51. The number of carbonyl (C=O) groups excluding carboxylic acids is 3. The molecule has 1 aliphatic carbocycles. The Hall–Kier alpha value is -2.17. The zero-order valence-corrected chi connectivity index (χ0v) is 14.4. The number of amides is 3. The molecule has 5 heteroatoms. The highest BCUT2D eigenvalue weighted by molar-refractivity contribution is 6.09. The minimum Gasteiger partial charge on any atom is -0.325 e. The van der Waals surface area contributed by atoms with E-state index < -0.39 is 5.41 Å². The van der Waals surface area contributed by atoms with Crippen molar-refractivity contribution in [1.29, 1.82) is 0 Å². The Balaban J connectivity index is 1.67. The molecule has 1 heterocycles. The fraction of sp³-hybridized carbons (Fsp3) is 0.526. The average molecular weight is 328 g/mol. The zero-order chi connectivity index (χ0) is 17.3. The molecular formula is C19H24N2O3. The van der Waals surface area contributed by atoms with E-state index in [-0.39, 0.29) is 30.7 Å². The van der Waals surface area contributed by atoms with Gasteiger partial charge in [0.1, 0.15) is 6.54 Å². The van der Waals surface area contributed by atoms with Crippen molar-refractivity contribution >= 4 is 23.4 Å². The van der Waals surface area contributed by atoms with Crippen LogP contribution in [-0.2, 0) is 14.4 Å². The van der Waals surface area contributed by atoms with Crippen molar-refractivity contribution in [1.82, 2.24) is 4.90 Å². The summed E-state index contributed by atoms with van der Waals surface area (Å²) in [5.41, 5.74) is 2.28. The molecule has 128 valence electrons. The number of benzene rings is 1. The number of nitrogens with one attached hydrogen (secondary N) is 1. The Labute approximate surface area is 142 Å². The summed E-state index contributed by atoms with van der Waals surface area (Å²) in [5, 5.41) is 2.80. The number of aryl methyl sites for hydroxylation is 2. The first kappa shape index (κ1) is 16.7. The van der Waals surface area contributed by atoms with Crippen LogP contribution >= 0.6 is 0 Å². The maximum atomic E-state index is 12.7. The molecular weight excluding hydrogens is 304 g/mol. The molecule has 0 bridgehead atoms. The molecule has 0 radical (unpaired) electrons. The summed E-state index contributed by atoms with van der Waals surface area (Å²) < 4.78 is 0. The van der Waals surface area contributed by atoms with Crippen molar-refractivity contribution < 1.29 is 14.4 Å². The van der Waals surface area contributed by atoms with Gasteiger partial charge in [0.2, 0.25) is 17.7 Å². The van der Waals surface area contributed by atoms with Gasteiger partial charge in [0, 0.05) is 12.1 Å². The van der Waals surface area contributed by atoms with Crippen molar-refractivity contribution in [3.8, 4) is 0 Å². The second-order valence-corrected chi connectivity index (χ2v) is 7.23. The second-order valence-electron chi connectivity index (χ2n) is 7.23. The minimum absolute atomic E-state index is 0.150. The number of likely N-dealkylation sites (tertiary alicyclic amines) is 1. The van der Waals surface area contributed by atoms with Gasteiger partial charge in [0.05, 0.1) is 5.41 Å². The Morgan fingerprint density at radius 1 is 1.08 bits per heavy atom. The average Bonchev–Trinajstić information content (AvgIpc) is 2.71. The molecule has 1 spiro atoms. The molecule has 2 fully saturated rings. The Morgan fingerprint density at radius 2 is 1.71 bits per heavy atom. The summed E-state index contributed by atoms with van der Waals surface area (Å²) in [7, 11) is 0. The number of hydrogen-bond acceptors (Lipinski definition) is 3. The Morgan fingerprint density at radius 3 is 2.33 bits per heavy atom. The fourth-order valence-corrected chi connectivity index (χ4v) is 4.03. The number of imide groups is 1. The van der Waals surface area contributed by atoms with Gasteiger partial charge in [0.25, 0.3) is 0 Å². The normalized spacial score (nSPS) is 19.8. The lowest BCUT2D eigenvalue weighted by molar-refractivity contribution is -0.144. The largest absolute Gasteiger partial charge is 0.325 e. The van der Waals surface area contributed by atoms with Gasteiger partial charge < -0.3 is 5.32 Å². The first-order valence-electron chi connectivity index (χ1n) is 8.63. The van der Waals surface area contributed by atoms with Crippen molar-refractivity contribution in [3.63, 3.8) is 0 Å². The van der Waals surface area contributed by atoms with Crippen LogP contribution in [0.4, 0.5) is 5.69 Å². The van der Waals surface area contributed by atoms with E-state index in [1.54, 1.807) is 0 Å². The van der Waals surface area contributed by atoms with Crippen LogP contribution in [0.3, 0.4) is 0 Å². The molecule has 0 unspecified atom stereocenters. The van der Waals surface area contributed by atoms with E-state index in [2.05, 4.69) is 5.32 Å². The smallest absolute Gasteiger partial charge is 0.244 e. The second kappa shape index (κ2) is 6.38. The van der Waals surface area contributed by atoms with E-state index in [0.29, 0.717) is 5.69 Å². The van der Waals surface area contributed by atoms with E-state index in [1.165, 1.54) is 0 Å². The number of carbonyl (C=O) groups is 3. The highest BCUT2D eigenvalue weighted by atomic mass is 16.2. The summed E-state index contributed by atoms with van der Waals surface area (Å²) in [6.45, 7) is 3.73. The summed E-state index contributed by atoms with van der Waals surface area (Å²) in [5.74, 6) is -0.685. The van der Waals surface area contributed by atoms with Crippen LogP contribution in [0.1, 0.15) is 49.7 Å². The SMILES string of the molecule is Cc1cc(C)cc(NC(=O)CN2C(=O)CC3(CCCCC3)C2=O)c1. The third-order valence-corrected chi connectivity index (χ3v) is 5.11. The van der Waals surface area contributed by atoms with Gasteiger partial charge in [-0.05, 0) is 49.9 Å². The third kappa shape index (κ3) is 3.21. The summed E-state index contributed by atoms with van der Waals surface area (Å²) in [6.07, 6.45) is 4.90. The van der Waals surface area contributed by atoms with Crippen molar-refractivity contribution in [3.05, 3.63) is 29.3 Å². The Bertz CT molecular complexity index is 670. The predicted molar refractivity (Wildman–Crippen MR) is 91.4 cm³/mol. The maximum Gasteiger partial charge on any atom is 0.244 e. The molecule has 0 aromatic heterocycles. The molecule has 1 aromatic rings. The lowest BCUT2D eigenvalue weighted by Gasteiger charge is -2.30. The van der Waals surface area contributed by atoms with E-state index in [0.717, 1.165) is 48.1 Å². The predicted octanol–water partition coefficient (Wildman–Crippen LogP) is 2.95. The molecule has 1 saturated carbocycles. The van der Waals surface area contributed by atoms with E-state index >= 15 is 0 Å². The van der Waals surface area contributed by atoms with Crippen LogP contribution in [0, 0.1) is 19.3 Å². The van der Waals surface area contributed by atoms with Crippen LogP contribution < -0.4 is 5.32 Å². The Kier molecular flexibility index (Phi) is 4.43. The number of anilines is 1.